The third-order valence-electron chi connectivity index (χ3n) is 3.18. The number of hydrogen-bond donors (Lipinski definition) is 1. The summed E-state index contributed by atoms with van der Waals surface area (Å²) in [5.74, 6) is 0.189. The third-order valence-corrected chi connectivity index (χ3v) is 3.18. The van der Waals surface area contributed by atoms with E-state index in [1.54, 1.807) is 0 Å². The fourth-order valence-corrected chi connectivity index (χ4v) is 2.13. The molecule has 0 spiro atoms. The van der Waals surface area contributed by atoms with Crippen LogP contribution in [0.3, 0.4) is 0 Å². The molecule has 1 aliphatic carbocycles. The summed E-state index contributed by atoms with van der Waals surface area (Å²) in [4.78, 5) is 11.4. The maximum absolute atomic E-state index is 11.4. The van der Waals surface area contributed by atoms with Crippen molar-refractivity contribution in [2.24, 2.45) is 5.92 Å². The average Bonchev–Trinajstić information content (AvgIpc) is 2.51. The molecule has 1 atom stereocenters. The van der Waals surface area contributed by atoms with E-state index in [-0.39, 0.29) is 11.7 Å². The highest BCUT2D eigenvalue weighted by Crippen LogP contribution is 2.35. The summed E-state index contributed by atoms with van der Waals surface area (Å²) in [7, 11) is 0. The molecule has 70 valence electrons. The van der Waals surface area contributed by atoms with Gasteiger partial charge in [-0.1, -0.05) is 13.8 Å². The van der Waals surface area contributed by atoms with Gasteiger partial charge < -0.3 is 5.11 Å². The van der Waals surface area contributed by atoms with Crippen molar-refractivity contribution < 1.29 is 9.90 Å². The molecule has 2 nitrogen and oxygen atoms in total. The van der Waals surface area contributed by atoms with Crippen molar-refractivity contribution in [1.29, 1.82) is 0 Å². The molecule has 1 N–H and O–H groups in total. The van der Waals surface area contributed by atoms with Crippen LogP contribution in [0, 0.1) is 5.92 Å². The second-order valence-corrected chi connectivity index (χ2v) is 3.72. The van der Waals surface area contributed by atoms with Gasteiger partial charge in [-0.05, 0) is 25.7 Å². The van der Waals surface area contributed by atoms with Gasteiger partial charge in [0.2, 0.25) is 0 Å². The van der Waals surface area contributed by atoms with Crippen LogP contribution in [0.5, 0.6) is 0 Å². The Hall–Kier alpha value is -0.370. The second-order valence-electron chi connectivity index (χ2n) is 3.72. The minimum absolute atomic E-state index is 0.0764. The Labute approximate surface area is 74.0 Å². The van der Waals surface area contributed by atoms with Gasteiger partial charge in [0, 0.05) is 12.3 Å². The van der Waals surface area contributed by atoms with Gasteiger partial charge in [-0.25, -0.2) is 0 Å². The van der Waals surface area contributed by atoms with Crippen LogP contribution in [0.25, 0.3) is 0 Å². The standard InChI is InChI=1S/C10H18O2/c1-3-10(12,4-2)8-6-5-7-9(8)11/h8,12H,3-7H2,1-2H3. The molecule has 2 heteroatoms. The molecule has 0 aliphatic heterocycles. The Balaban J connectivity index is 2.71. The first-order valence-electron chi connectivity index (χ1n) is 4.89. The molecule has 1 saturated carbocycles. The molecule has 0 aromatic rings. The molecular weight excluding hydrogens is 152 g/mol. The number of Topliss-reactive ketones (excluding diaryl/α,β-unsaturated/α-hetero) is 1. The zero-order valence-corrected chi connectivity index (χ0v) is 7.97. The molecule has 1 aliphatic rings. The topological polar surface area (TPSA) is 37.3 Å². The number of carbonyl (C=O) groups is 1. The van der Waals surface area contributed by atoms with Crippen LogP contribution < -0.4 is 0 Å². The van der Waals surface area contributed by atoms with E-state index in [0.717, 1.165) is 12.8 Å². The van der Waals surface area contributed by atoms with E-state index in [9.17, 15) is 9.90 Å². The summed E-state index contributed by atoms with van der Waals surface area (Å²) in [6.07, 6.45) is 3.91. The number of hydrogen-bond acceptors (Lipinski definition) is 2. The van der Waals surface area contributed by atoms with Crippen molar-refractivity contribution >= 4 is 5.78 Å². The van der Waals surface area contributed by atoms with Gasteiger partial charge in [0.05, 0.1) is 5.60 Å². The van der Waals surface area contributed by atoms with Gasteiger partial charge in [-0.3, -0.25) is 4.79 Å². The van der Waals surface area contributed by atoms with Crippen molar-refractivity contribution in [2.45, 2.75) is 51.6 Å². The molecule has 0 aromatic heterocycles. The Morgan fingerprint density at radius 2 is 2.08 bits per heavy atom. The molecule has 0 heterocycles. The monoisotopic (exact) mass is 170 g/mol. The van der Waals surface area contributed by atoms with Crippen molar-refractivity contribution in [1.82, 2.24) is 0 Å². The van der Waals surface area contributed by atoms with E-state index in [2.05, 4.69) is 0 Å². The van der Waals surface area contributed by atoms with Gasteiger partial charge in [0.15, 0.2) is 0 Å². The summed E-state index contributed by atoms with van der Waals surface area (Å²) >= 11 is 0. The summed E-state index contributed by atoms with van der Waals surface area (Å²) in [6.45, 7) is 3.91. The summed E-state index contributed by atoms with van der Waals surface area (Å²) < 4.78 is 0. The maximum Gasteiger partial charge on any atom is 0.138 e. The molecule has 0 aromatic carbocycles. The highest BCUT2D eigenvalue weighted by Gasteiger charge is 2.40. The van der Waals surface area contributed by atoms with Crippen molar-refractivity contribution in [2.75, 3.05) is 0 Å². The first kappa shape index (κ1) is 9.72. The maximum atomic E-state index is 11.4. The van der Waals surface area contributed by atoms with Gasteiger partial charge in [0.25, 0.3) is 0 Å². The first-order valence-corrected chi connectivity index (χ1v) is 4.89. The molecular formula is C10H18O2. The van der Waals surface area contributed by atoms with E-state index < -0.39 is 5.60 Å². The molecule has 0 radical (unpaired) electrons. The largest absolute Gasteiger partial charge is 0.389 e. The van der Waals surface area contributed by atoms with E-state index in [4.69, 9.17) is 0 Å². The zero-order valence-electron chi connectivity index (χ0n) is 7.97. The van der Waals surface area contributed by atoms with Crippen LogP contribution in [0.4, 0.5) is 0 Å². The number of aliphatic hydroxyl groups is 1. The fourth-order valence-electron chi connectivity index (χ4n) is 2.13. The second kappa shape index (κ2) is 3.56. The van der Waals surface area contributed by atoms with Crippen LogP contribution in [-0.4, -0.2) is 16.5 Å². The van der Waals surface area contributed by atoms with Gasteiger partial charge in [0.1, 0.15) is 5.78 Å². The minimum atomic E-state index is -0.715. The number of rotatable bonds is 3. The Morgan fingerprint density at radius 1 is 1.50 bits per heavy atom. The molecule has 1 rings (SSSR count). The quantitative estimate of drug-likeness (QED) is 0.702. The lowest BCUT2D eigenvalue weighted by Crippen LogP contribution is -2.38. The Kier molecular flexibility index (Phi) is 2.89. The van der Waals surface area contributed by atoms with Crippen LogP contribution in [-0.2, 0) is 4.79 Å². The molecule has 0 amide bonds. The molecule has 1 fully saturated rings. The van der Waals surface area contributed by atoms with E-state index in [1.165, 1.54) is 0 Å². The molecule has 0 saturated heterocycles. The van der Waals surface area contributed by atoms with E-state index in [1.807, 2.05) is 13.8 Å². The normalized spacial score (nSPS) is 24.9. The van der Waals surface area contributed by atoms with Crippen molar-refractivity contribution in [3.8, 4) is 0 Å². The number of carbonyl (C=O) groups excluding carboxylic acids is 1. The van der Waals surface area contributed by atoms with Crippen molar-refractivity contribution in [3.05, 3.63) is 0 Å². The molecule has 0 bridgehead atoms. The Bertz CT molecular complexity index is 171. The Morgan fingerprint density at radius 3 is 2.42 bits per heavy atom. The summed E-state index contributed by atoms with van der Waals surface area (Å²) in [6, 6.07) is 0. The van der Waals surface area contributed by atoms with Crippen LogP contribution in [0.2, 0.25) is 0 Å². The summed E-state index contributed by atoms with van der Waals surface area (Å²) in [5.41, 5.74) is -0.715. The number of ketones is 1. The molecule has 1 unspecified atom stereocenters. The zero-order chi connectivity index (χ0) is 9.19. The predicted octanol–water partition coefficient (Wildman–Crippen LogP) is 1.91. The van der Waals surface area contributed by atoms with Gasteiger partial charge in [-0.15, -0.1) is 0 Å². The predicted molar refractivity (Wildman–Crippen MR) is 47.9 cm³/mol. The highest BCUT2D eigenvalue weighted by atomic mass is 16.3. The fraction of sp³-hybridized carbons (Fsp3) is 0.900. The van der Waals surface area contributed by atoms with E-state index >= 15 is 0 Å². The lowest BCUT2D eigenvalue weighted by atomic mass is 9.81. The van der Waals surface area contributed by atoms with Crippen molar-refractivity contribution in [3.63, 3.8) is 0 Å². The molecule has 12 heavy (non-hydrogen) atoms. The van der Waals surface area contributed by atoms with Crippen LogP contribution in [0.15, 0.2) is 0 Å². The highest BCUT2D eigenvalue weighted by molar-refractivity contribution is 5.84. The lowest BCUT2D eigenvalue weighted by molar-refractivity contribution is -0.129. The first-order chi connectivity index (χ1) is 5.64. The van der Waals surface area contributed by atoms with Gasteiger partial charge >= 0.3 is 0 Å². The SMILES string of the molecule is CCC(O)(CC)C1CCCC1=O. The minimum Gasteiger partial charge on any atom is -0.389 e. The van der Waals surface area contributed by atoms with Crippen LogP contribution in [0.1, 0.15) is 46.0 Å². The average molecular weight is 170 g/mol. The summed E-state index contributed by atoms with van der Waals surface area (Å²) in [5, 5.41) is 10.1. The lowest BCUT2D eigenvalue weighted by Gasteiger charge is -2.30. The van der Waals surface area contributed by atoms with Crippen LogP contribution >= 0.6 is 0 Å². The smallest absolute Gasteiger partial charge is 0.138 e. The third kappa shape index (κ3) is 1.53. The van der Waals surface area contributed by atoms with E-state index in [0.29, 0.717) is 19.3 Å². The van der Waals surface area contributed by atoms with Gasteiger partial charge in [-0.2, -0.15) is 0 Å².